The normalized spacial score (nSPS) is 18.3. The van der Waals surface area contributed by atoms with Crippen molar-refractivity contribution in [3.8, 4) is 5.75 Å². The van der Waals surface area contributed by atoms with E-state index in [0.29, 0.717) is 23.9 Å². The summed E-state index contributed by atoms with van der Waals surface area (Å²) in [6, 6.07) is 5.18. The van der Waals surface area contributed by atoms with E-state index < -0.39 is 0 Å². The summed E-state index contributed by atoms with van der Waals surface area (Å²) < 4.78 is 18.7. The number of benzene rings is 1. The second kappa shape index (κ2) is 5.47. The summed E-state index contributed by atoms with van der Waals surface area (Å²) in [6.45, 7) is 2.52. The average molecular weight is 238 g/mol. The highest BCUT2D eigenvalue weighted by molar-refractivity contribution is 5.29. The van der Waals surface area contributed by atoms with Gasteiger partial charge in [0.2, 0.25) is 0 Å². The molecule has 3 nitrogen and oxygen atoms in total. The molecule has 1 aliphatic heterocycles. The summed E-state index contributed by atoms with van der Waals surface area (Å²) >= 11 is 0. The fourth-order valence-electron chi connectivity index (χ4n) is 2.15. The minimum Gasteiger partial charge on any atom is -0.497 e. The van der Waals surface area contributed by atoms with Crippen LogP contribution in [-0.4, -0.2) is 31.1 Å². The molecule has 17 heavy (non-hydrogen) atoms. The number of rotatable bonds is 3. The predicted octanol–water partition coefficient (Wildman–Crippen LogP) is 1.76. The van der Waals surface area contributed by atoms with Crippen LogP contribution >= 0.6 is 0 Å². The molecule has 0 radical (unpaired) electrons. The number of piperidine rings is 1. The van der Waals surface area contributed by atoms with Crippen LogP contribution in [0.3, 0.4) is 0 Å². The van der Waals surface area contributed by atoms with Gasteiger partial charge in [0.1, 0.15) is 11.6 Å². The summed E-state index contributed by atoms with van der Waals surface area (Å²) in [4.78, 5) is 2.24. The molecule has 94 valence electrons. The van der Waals surface area contributed by atoms with E-state index in [2.05, 4.69) is 4.90 Å². The summed E-state index contributed by atoms with van der Waals surface area (Å²) in [6.07, 6.45) is 1.98. The van der Waals surface area contributed by atoms with Crippen molar-refractivity contribution in [1.82, 2.24) is 4.90 Å². The van der Waals surface area contributed by atoms with Crippen molar-refractivity contribution in [2.24, 2.45) is 5.73 Å². The third kappa shape index (κ3) is 3.17. The molecule has 0 aliphatic carbocycles. The zero-order valence-corrected chi connectivity index (χ0v) is 10.2. The van der Waals surface area contributed by atoms with Gasteiger partial charge < -0.3 is 10.5 Å². The Morgan fingerprint density at radius 1 is 1.41 bits per heavy atom. The lowest BCUT2D eigenvalue weighted by Crippen LogP contribution is -2.39. The number of likely N-dealkylation sites (tertiary alicyclic amines) is 1. The van der Waals surface area contributed by atoms with Crippen LogP contribution in [0.5, 0.6) is 5.75 Å². The monoisotopic (exact) mass is 238 g/mol. The zero-order chi connectivity index (χ0) is 12.3. The van der Waals surface area contributed by atoms with Crippen molar-refractivity contribution in [2.45, 2.75) is 25.4 Å². The molecule has 0 saturated carbocycles. The van der Waals surface area contributed by atoms with E-state index in [0.717, 1.165) is 25.9 Å². The molecule has 4 heteroatoms. The lowest BCUT2D eigenvalue weighted by atomic mass is 10.1. The highest BCUT2D eigenvalue weighted by Gasteiger charge is 2.17. The van der Waals surface area contributed by atoms with Crippen molar-refractivity contribution in [2.75, 3.05) is 20.2 Å². The van der Waals surface area contributed by atoms with Gasteiger partial charge in [-0.1, -0.05) is 0 Å². The van der Waals surface area contributed by atoms with Crippen LogP contribution < -0.4 is 10.5 Å². The van der Waals surface area contributed by atoms with Gasteiger partial charge in [-0.05, 0) is 44.1 Å². The third-order valence-corrected chi connectivity index (χ3v) is 3.28. The molecule has 1 aromatic rings. The van der Waals surface area contributed by atoms with E-state index in [1.165, 1.54) is 6.07 Å². The minimum atomic E-state index is -0.166. The van der Waals surface area contributed by atoms with E-state index in [1.54, 1.807) is 19.2 Å². The summed E-state index contributed by atoms with van der Waals surface area (Å²) in [5.74, 6) is 0.538. The molecule has 0 amide bonds. The van der Waals surface area contributed by atoms with Gasteiger partial charge >= 0.3 is 0 Å². The first-order valence-corrected chi connectivity index (χ1v) is 5.99. The second-order valence-electron chi connectivity index (χ2n) is 4.57. The van der Waals surface area contributed by atoms with E-state index in [9.17, 15) is 4.39 Å². The fraction of sp³-hybridized carbons (Fsp3) is 0.538. The van der Waals surface area contributed by atoms with Gasteiger partial charge in [-0.3, -0.25) is 4.90 Å². The molecule has 1 saturated heterocycles. The Kier molecular flexibility index (Phi) is 3.97. The predicted molar refractivity (Wildman–Crippen MR) is 65.4 cm³/mol. The first kappa shape index (κ1) is 12.3. The molecule has 0 unspecified atom stereocenters. The summed E-state index contributed by atoms with van der Waals surface area (Å²) in [7, 11) is 1.59. The highest BCUT2D eigenvalue weighted by Crippen LogP contribution is 2.19. The number of halogens is 1. The number of nitrogens with zero attached hydrogens (tertiary/aromatic N) is 1. The second-order valence-corrected chi connectivity index (χ2v) is 4.57. The SMILES string of the molecule is COc1ccc(F)c(CN2CCC(N)CC2)c1. The van der Waals surface area contributed by atoms with Crippen LogP contribution in [0.4, 0.5) is 4.39 Å². The van der Waals surface area contributed by atoms with Crippen molar-refractivity contribution < 1.29 is 9.13 Å². The molecule has 1 aliphatic rings. The Bertz CT molecular complexity index is 376. The van der Waals surface area contributed by atoms with Crippen LogP contribution in [-0.2, 0) is 6.54 Å². The van der Waals surface area contributed by atoms with Gasteiger partial charge in [0.25, 0.3) is 0 Å². The van der Waals surface area contributed by atoms with E-state index >= 15 is 0 Å². The Balaban J connectivity index is 2.02. The maximum Gasteiger partial charge on any atom is 0.127 e. The molecule has 0 aromatic heterocycles. The average Bonchev–Trinajstić information content (AvgIpc) is 2.35. The number of methoxy groups -OCH3 is 1. The van der Waals surface area contributed by atoms with Gasteiger partial charge in [-0.15, -0.1) is 0 Å². The number of ether oxygens (including phenoxy) is 1. The van der Waals surface area contributed by atoms with E-state index in [-0.39, 0.29) is 5.82 Å². The van der Waals surface area contributed by atoms with Gasteiger partial charge in [-0.2, -0.15) is 0 Å². The molecule has 1 fully saturated rings. The number of hydrogen-bond acceptors (Lipinski definition) is 3. The van der Waals surface area contributed by atoms with Gasteiger partial charge in [0.15, 0.2) is 0 Å². The summed E-state index contributed by atoms with van der Waals surface area (Å²) in [5, 5.41) is 0. The van der Waals surface area contributed by atoms with Crippen LogP contribution in [0.2, 0.25) is 0 Å². The lowest BCUT2D eigenvalue weighted by molar-refractivity contribution is 0.203. The molecule has 2 rings (SSSR count). The molecular formula is C13H19FN2O. The maximum atomic E-state index is 13.6. The quantitative estimate of drug-likeness (QED) is 0.872. The molecule has 0 spiro atoms. The van der Waals surface area contributed by atoms with Crippen LogP contribution in [0.15, 0.2) is 18.2 Å². The number of nitrogens with two attached hydrogens (primary N) is 1. The first-order valence-electron chi connectivity index (χ1n) is 5.99. The maximum absolute atomic E-state index is 13.6. The van der Waals surface area contributed by atoms with Gasteiger partial charge in [-0.25, -0.2) is 4.39 Å². The zero-order valence-electron chi connectivity index (χ0n) is 10.2. The van der Waals surface area contributed by atoms with Gasteiger partial charge in [0, 0.05) is 18.2 Å². The topological polar surface area (TPSA) is 38.5 Å². The van der Waals surface area contributed by atoms with Crippen LogP contribution in [0, 0.1) is 5.82 Å². The third-order valence-electron chi connectivity index (χ3n) is 3.28. The molecule has 1 aromatic carbocycles. The Morgan fingerprint density at radius 3 is 2.76 bits per heavy atom. The van der Waals surface area contributed by atoms with Gasteiger partial charge in [0.05, 0.1) is 7.11 Å². The Labute approximate surface area is 101 Å². The van der Waals surface area contributed by atoms with Crippen LogP contribution in [0.25, 0.3) is 0 Å². The Morgan fingerprint density at radius 2 is 2.12 bits per heavy atom. The fourth-order valence-corrected chi connectivity index (χ4v) is 2.15. The lowest BCUT2D eigenvalue weighted by Gasteiger charge is -2.30. The molecule has 0 bridgehead atoms. The molecule has 1 heterocycles. The number of hydrogen-bond donors (Lipinski definition) is 1. The van der Waals surface area contributed by atoms with Crippen LogP contribution in [0.1, 0.15) is 18.4 Å². The summed E-state index contributed by atoms with van der Waals surface area (Å²) in [5.41, 5.74) is 6.54. The first-order chi connectivity index (χ1) is 8.19. The molecular weight excluding hydrogens is 219 g/mol. The van der Waals surface area contributed by atoms with E-state index in [1.807, 2.05) is 0 Å². The van der Waals surface area contributed by atoms with Crippen molar-refractivity contribution in [3.05, 3.63) is 29.6 Å². The molecule has 0 atom stereocenters. The molecule has 2 N–H and O–H groups in total. The minimum absolute atomic E-state index is 0.166. The standard InChI is InChI=1S/C13H19FN2O/c1-17-12-2-3-13(14)10(8-12)9-16-6-4-11(15)5-7-16/h2-3,8,11H,4-7,9,15H2,1H3. The smallest absolute Gasteiger partial charge is 0.127 e. The van der Waals surface area contributed by atoms with Crippen molar-refractivity contribution >= 4 is 0 Å². The Hall–Kier alpha value is -1.13. The van der Waals surface area contributed by atoms with Crippen molar-refractivity contribution in [3.63, 3.8) is 0 Å². The van der Waals surface area contributed by atoms with Crippen molar-refractivity contribution in [1.29, 1.82) is 0 Å². The van der Waals surface area contributed by atoms with E-state index in [4.69, 9.17) is 10.5 Å². The largest absolute Gasteiger partial charge is 0.497 e. The highest BCUT2D eigenvalue weighted by atomic mass is 19.1.